The van der Waals surface area contributed by atoms with Gasteiger partial charge in [0.05, 0.1) is 29.7 Å². The third-order valence-electron chi connectivity index (χ3n) is 3.46. The molecule has 5 nitrogen and oxygen atoms in total. The average Bonchev–Trinajstić information content (AvgIpc) is 3.15. The smallest absolute Gasteiger partial charge is 0.260 e. The number of nitrogens with one attached hydrogen (secondary N) is 1. The van der Waals surface area contributed by atoms with Crippen LogP contribution in [0, 0.1) is 0 Å². The van der Waals surface area contributed by atoms with Crippen molar-refractivity contribution in [2.24, 2.45) is 4.99 Å². The lowest BCUT2D eigenvalue weighted by atomic mass is 10.1. The molecule has 0 saturated carbocycles. The molecule has 1 amide bonds. The summed E-state index contributed by atoms with van der Waals surface area (Å²) in [6, 6.07) is 7.43. The summed E-state index contributed by atoms with van der Waals surface area (Å²) in [7, 11) is 0. The normalized spacial score (nSPS) is 14.2. The summed E-state index contributed by atoms with van der Waals surface area (Å²) >= 11 is 7.63. The summed E-state index contributed by atoms with van der Waals surface area (Å²) in [5, 5.41) is 8.57. The molecule has 0 fully saturated rings. The molecule has 1 N–H and O–H groups in total. The molecule has 23 heavy (non-hydrogen) atoms. The maximum absolute atomic E-state index is 12.6. The summed E-state index contributed by atoms with van der Waals surface area (Å²) in [6.07, 6.45) is 1.60. The summed E-state index contributed by atoms with van der Waals surface area (Å²) in [6.45, 7) is 4.83. The van der Waals surface area contributed by atoms with Crippen molar-refractivity contribution in [2.75, 3.05) is 12.3 Å². The van der Waals surface area contributed by atoms with Gasteiger partial charge in [0.15, 0.2) is 5.17 Å². The molecule has 3 rings (SSSR count). The van der Waals surface area contributed by atoms with Crippen LogP contribution in [-0.4, -0.2) is 33.2 Å². The van der Waals surface area contributed by atoms with Crippen LogP contribution in [0.25, 0.3) is 5.69 Å². The van der Waals surface area contributed by atoms with Crippen LogP contribution in [0.3, 0.4) is 0 Å². The highest BCUT2D eigenvalue weighted by molar-refractivity contribution is 8.14. The second kappa shape index (κ2) is 6.76. The van der Waals surface area contributed by atoms with E-state index in [9.17, 15) is 4.79 Å². The molecule has 0 aliphatic carbocycles. The van der Waals surface area contributed by atoms with Crippen LogP contribution < -0.4 is 5.32 Å². The van der Waals surface area contributed by atoms with E-state index in [1.54, 1.807) is 22.6 Å². The molecule has 7 heteroatoms. The van der Waals surface area contributed by atoms with Crippen molar-refractivity contribution >= 4 is 34.4 Å². The van der Waals surface area contributed by atoms with Crippen LogP contribution >= 0.6 is 23.4 Å². The highest BCUT2D eigenvalue weighted by atomic mass is 35.5. The highest BCUT2D eigenvalue weighted by Crippen LogP contribution is 2.24. The molecule has 1 aliphatic rings. The number of rotatable bonds is 3. The Kier molecular flexibility index (Phi) is 4.73. The molecule has 1 aromatic heterocycles. The second-order valence-electron chi connectivity index (χ2n) is 5.48. The molecule has 0 atom stereocenters. The van der Waals surface area contributed by atoms with Crippen LogP contribution in [-0.2, 0) is 0 Å². The minimum absolute atomic E-state index is 0.135. The molecule has 0 spiro atoms. The van der Waals surface area contributed by atoms with Gasteiger partial charge in [-0.15, -0.1) is 0 Å². The first-order valence-corrected chi connectivity index (χ1v) is 8.75. The third kappa shape index (κ3) is 3.43. The standard InChI is InChI=1S/C16H17ClN4OS/c1-10(2)14-13(15(22)20-16-18-6-7-23-16)9-19-21(14)12-5-3-4-11(17)8-12/h3-5,8-10H,6-7H2,1-2H3,(H,18,20,22). The van der Waals surface area contributed by atoms with E-state index >= 15 is 0 Å². The number of hydrogen-bond acceptors (Lipinski definition) is 4. The first-order chi connectivity index (χ1) is 11.1. The number of aliphatic imine (C=N–C) groups is 1. The first-order valence-electron chi connectivity index (χ1n) is 7.38. The van der Waals surface area contributed by atoms with E-state index < -0.39 is 0 Å². The zero-order valence-corrected chi connectivity index (χ0v) is 14.5. The summed E-state index contributed by atoms with van der Waals surface area (Å²) in [5.74, 6) is 0.875. The Morgan fingerprint density at radius 1 is 1.43 bits per heavy atom. The number of benzene rings is 1. The van der Waals surface area contributed by atoms with Crippen LogP contribution in [0.2, 0.25) is 5.02 Å². The molecule has 120 valence electrons. The van der Waals surface area contributed by atoms with Crippen molar-refractivity contribution < 1.29 is 4.79 Å². The largest absolute Gasteiger partial charge is 0.301 e. The van der Waals surface area contributed by atoms with Gasteiger partial charge in [-0.05, 0) is 24.1 Å². The lowest BCUT2D eigenvalue weighted by Gasteiger charge is -2.13. The molecular weight excluding hydrogens is 332 g/mol. The minimum atomic E-state index is -0.171. The number of aromatic nitrogens is 2. The first kappa shape index (κ1) is 16.1. The number of amidine groups is 1. The van der Waals surface area contributed by atoms with Crippen molar-refractivity contribution in [3.8, 4) is 5.69 Å². The van der Waals surface area contributed by atoms with Crippen molar-refractivity contribution in [1.82, 2.24) is 15.1 Å². The monoisotopic (exact) mass is 348 g/mol. The number of carbonyl (C=O) groups excluding carboxylic acids is 1. The van der Waals surface area contributed by atoms with Gasteiger partial charge in [0.2, 0.25) is 0 Å². The fraction of sp³-hybridized carbons (Fsp3) is 0.312. The zero-order chi connectivity index (χ0) is 16.4. The van der Waals surface area contributed by atoms with Gasteiger partial charge >= 0.3 is 0 Å². The van der Waals surface area contributed by atoms with E-state index in [0.717, 1.165) is 23.7 Å². The summed E-state index contributed by atoms with van der Waals surface area (Å²) < 4.78 is 1.77. The number of thioether (sulfide) groups is 1. The van der Waals surface area contributed by atoms with Gasteiger partial charge in [-0.3, -0.25) is 9.79 Å². The van der Waals surface area contributed by atoms with Gasteiger partial charge in [0.25, 0.3) is 5.91 Å². The van der Waals surface area contributed by atoms with Gasteiger partial charge in [-0.2, -0.15) is 5.10 Å². The fourth-order valence-corrected chi connectivity index (χ4v) is 3.39. The third-order valence-corrected chi connectivity index (χ3v) is 4.58. The lowest BCUT2D eigenvalue weighted by molar-refractivity contribution is 0.0976. The SMILES string of the molecule is CC(C)c1c(C(=O)NC2=NCCS2)cnn1-c1cccc(Cl)c1. The van der Waals surface area contributed by atoms with Crippen molar-refractivity contribution in [3.63, 3.8) is 0 Å². The average molecular weight is 349 g/mol. The van der Waals surface area contributed by atoms with Gasteiger partial charge in [-0.25, -0.2) is 4.68 Å². The predicted octanol–water partition coefficient (Wildman–Crippen LogP) is 3.48. The van der Waals surface area contributed by atoms with Crippen LogP contribution in [0.15, 0.2) is 35.5 Å². The second-order valence-corrected chi connectivity index (χ2v) is 7.00. The Morgan fingerprint density at radius 2 is 2.26 bits per heavy atom. The summed E-state index contributed by atoms with van der Waals surface area (Å²) in [5.41, 5.74) is 2.26. The molecule has 1 aromatic carbocycles. The van der Waals surface area contributed by atoms with E-state index in [2.05, 4.69) is 15.4 Å². The van der Waals surface area contributed by atoms with E-state index in [0.29, 0.717) is 15.8 Å². The van der Waals surface area contributed by atoms with E-state index in [1.165, 1.54) is 0 Å². The van der Waals surface area contributed by atoms with Crippen LogP contribution in [0.4, 0.5) is 0 Å². The van der Waals surface area contributed by atoms with Crippen molar-refractivity contribution in [1.29, 1.82) is 0 Å². The molecule has 0 radical (unpaired) electrons. The maximum Gasteiger partial charge on any atom is 0.260 e. The quantitative estimate of drug-likeness (QED) is 0.923. The number of carbonyl (C=O) groups is 1. The maximum atomic E-state index is 12.6. The Labute approximate surface area is 144 Å². The number of hydrogen-bond donors (Lipinski definition) is 1. The number of nitrogens with zero attached hydrogens (tertiary/aromatic N) is 3. The van der Waals surface area contributed by atoms with Crippen molar-refractivity contribution in [3.05, 3.63) is 46.7 Å². The lowest BCUT2D eigenvalue weighted by Crippen LogP contribution is -2.28. The van der Waals surface area contributed by atoms with Gasteiger partial charge in [0.1, 0.15) is 0 Å². The molecule has 0 bridgehead atoms. The number of amides is 1. The summed E-state index contributed by atoms with van der Waals surface area (Å²) in [4.78, 5) is 16.8. The molecule has 2 aromatic rings. The number of halogens is 1. The Balaban J connectivity index is 1.97. The fourth-order valence-electron chi connectivity index (χ4n) is 2.48. The zero-order valence-electron chi connectivity index (χ0n) is 12.9. The molecule has 0 unspecified atom stereocenters. The highest BCUT2D eigenvalue weighted by Gasteiger charge is 2.22. The Bertz CT molecular complexity index is 769. The van der Waals surface area contributed by atoms with Gasteiger partial charge < -0.3 is 5.32 Å². The minimum Gasteiger partial charge on any atom is -0.301 e. The molecular formula is C16H17ClN4OS. The Morgan fingerprint density at radius 3 is 2.91 bits per heavy atom. The van der Waals surface area contributed by atoms with Gasteiger partial charge in [0, 0.05) is 10.8 Å². The van der Waals surface area contributed by atoms with Crippen LogP contribution in [0.1, 0.15) is 35.8 Å². The van der Waals surface area contributed by atoms with E-state index in [1.807, 2.05) is 38.1 Å². The molecule has 0 saturated heterocycles. The van der Waals surface area contributed by atoms with E-state index in [-0.39, 0.29) is 11.8 Å². The van der Waals surface area contributed by atoms with Gasteiger partial charge in [-0.1, -0.05) is 43.3 Å². The molecule has 2 heterocycles. The predicted molar refractivity (Wildman–Crippen MR) is 94.9 cm³/mol. The molecule has 1 aliphatic heterocycles. The van der Waals surface area contributed by atoms with Crippen LogP contribution in [0.5, 0.6) is 0 Å². The topological polar surface area (TPSA) is 59.3 Å². The van der Waals surface area contributed by atoms with Crippen molar-refractivity contribution in [2.45, 2.75) is 19.8 Å². The Hall–Kier alpha value is -1.79. The van der Waals surface area contributed by atoms with E-state index in [4.69, 9.17) is 11.6 Å².